The van der Waals surface area contributed by atoms with Crippen LogP contribution in [0, 0.1) is 0 Å². The van der Waals surface area contributed by atoms with E-state index < -0.39 is 28.1 Å². The number of sulfonamides is 1. The third-order valence-electron chi connectivity index (χ3n) is 3.53. The Labute approximate surface area is 161 Å². The quantitative estimate of drug-likeness (QED) is 0.614. The number of carboxylic acid groups (broad SMARTS) is 1. The summed E-state index contributed by atoms with van der Waals surface area (Å²) in [6.07, 6.45) is -4.90. The number of benzene rings is 2. The number of carboxylic acids is 1. The van der Waals surface area contributed by atoms with Crippen molar-refractivity contribution in [3.63, 3.8) is 0 Å². The SMILES string of the molecule is O=C(O)c1cc(-c2ccccc2NS(=O)(=O)c2ccc(OC(F)(F)F)cc2)on1. The van der Waals surface area contributed by atoms with E-state index in [1.165, 1.54) is 18.2 Å². The van der Waals surface area contributed by atoms with Crippen molar-refractivity contribution in [2.24, 2.45) is 0 Å². The van der Waals surface area contributed by atoms with Gasteiger partial charge in [0.15, 0.2) is 11.5 Å². The first-order valence-electron chi connectivity index (χ1n) is 7.73. The summed E-state index contributed by atoms with van der Waals surface area (Å²) in [4.78, 5) is 10.6. The molecule has 0 bridgehead atoms. The van der Waals surface area contributed by atoms with Gasteiger partial charge in [-0.1, -0.05) is 17.3 Å². The predicted molar refractivity (Wildman–Crippen MR) is 92.8 cm³/mol. The van der Waals surface area contributed by atoms with Gasteiger partial charge in [-0.15, -0.1) is 13.2 Å². The van der Waals surface area contributed by atoms with Gasteiger partial charge in [-0.3, -0.25) is 4.72 Å². The van der Waals surface area contributed by atoms with E-state index in [0.29, 0.717) is 0 Å². The summed E-state index contributed by atoms with van der Waals surface area (Å²) in [6, 6.07) is 10.7. The second-order valence-corrected chi connectivity index (χ2v) is 7.23. The van der Waals surface area contributed by atoms with Crippen LogP contribution in [0.4, 0.5) is 18.9 Å². The fourth-order valence-electron chi connectivity index (χ4n) is 2.31. The van der Waals surface area contributed by atoms with Crippen LogP contribution >= 0.6 is 0 Å². The molecule has 0 aliphatic heterocycles. The highest BCUT2D eigenvalue weighted by atomic mass is 32.2. The van der Waals surface area contributed by atoms with Gasteiger partial charge >= 0.3 is 12.3 Å². The molecule has 152 valence electrons. The van der Waals surface area contributed by atoms with Crippen LogP contribution in [0.5, 0.6) is 5.75 Å². The summed E-state index contributed by atoms with van der Waals surface area (Å²) in [6.45, 7) is 0. The lowest BCUT2D eigenvalue weighted by Gasteiger charge is -2.12. The monoisotopic (exact) mass is 428 g/mol. The van der Waals surface area contributed by atoms with Gasteiger partial charge in [0.2, 0.25) is 0 Å². The molecule has 1 heterocycles. The first kappa shape index (κ1) is 20.2. The summed E-state index contributed by atoms with van der Waals surface area (Å²) in [5.41, 5.74) is -0.0952. The van der Waals surface area contributed by atoms with Gasteiger partial charge in [0, 0.05) is 11.6 Å². The van der Waals surface area contributed by atoms with Gasteiger partial charge in [0.05, 0.1) is 10.6 Å². The molecule has 1 aromatic heterocycles. The Hall–Kier alpha value is -3.54. The second kappa shape index (κ2) is 7.47. The number of para-hydroxylation sites is 1. The highest BCUT2D eigenvalue weighted by Crippen LogP contribution is 2.31. The molecule has 0 saturated heterocycles. The van der Waals surface area contributed by atoms with Crippen molar-refractivity contribution in [3.8, 4) is 17.1 Å². The van der Waals surface area contributed by atoms with Gasteiger partial charge in [-0.05, 0) is 36.4 Å². The van der Waals surface area contributed by atoms with Gasteiger partial charge in [0.1, 0.15) is 5.75 Å². The van der Waals surface area contributed by atoms with E-state index in [1.807, 2.05) is 0 Å². The van der Waals surface area contributed by atoms with Crippen LogP contribution in [-0.4, -0.2) is 31.0 Å². The highest BCUT2D eigenvalue weighted by molar-refractivity contribution is 7.92. The third kappa shape index (κ3) is 4.85. The van der Waals surface area contributed by atoms with E-state index in [2.05, 4.69) is 14.6 Å². The van der Waals surface area contributed by atoms with Crippen molar-refractivity contribution in [1.29, 1.82) is 0 Å². The molecule has 0 amide bonds. The van der Waals surface area contributed by atoms with Crippen molar-refractivity contribution in [2.45, 2.75) is 11.3 Å². The molecular formula is C17H11F3N2O6S. The second-order valence-electron chi connectivity index (χ2n) is 5.55. The van der Waals surface area contributed by atoms with E-state index in [9.17, 15) is 26.4 Å². The molecule has 0 unspecified atom stereocenters. The maximum atomic E-state index is 12.6. The molecule has 12 heteroatoms. The highest BCUT2D eigenvalue weighted by Gasteiger charge is 2.31. The third-order valence-corrected chi connectivity index (χ3v) is 4.92. The summed E-state index contributed by atoms with van der Waals surface area (Å²) in [5, 5.41) is 12.3. The van der Waals surface area contributed by atoms with Gasteiger partial charge < -0.3 is 14.4 Å². The Morgan fingerprint density at radius 3 is 2.34 bits per heavy atom. The number of alkyl halides is 3. The standard InChI is InChI=1S/C17H11F3N2O6S/c18-17(19,20)27-10-5-7-11(8-6-10)29(25,26)22-13-4-2-1-3-12(13)15-9-14(16(23)24)21-28-15/h1-9,22H,(H,23,24). The van der Waals surface area contributed by atoms with E-state index in [-0.39, 0.29) is 27.6 Å². The number of nitrogens with zero attached hydrogens (tertiary/aromatic N) is 1. The molecular weight excluding hydrogens is 417 g/mol. The zero-order valence-electron chi connectivity index (χ0n) is 14.2. The average molecular weight is 428 g/mol. The Bertz CT molecular complexity index is 1140. The molecule has 8 nitrogen and oxygen atoms in total. The maximum absolute atomic E-state index is 12.6. The van der Waals surface area contributed by atoms with Crippen molar-refractivity contribution in [1.82, 2.24) is 5.16 Å². The van der Waals surface area contributed by atoms with Crippen molar-refractivity contribution >= 4 is 21.7 Å². The number of rotatable bonds is 6. The zero-order valence-corrected chi connectivity index (χ0v) is 15.0. The molecule has 0 aliphatic carbocycles. The lowest BCUT2D eigenvalue weighted by atomic mass is 10.1. The largest absolute Gasteiger partial charge is 0.573 e. The minimum Gasteiger partial charge on any atom is -0.476 e. The van der Waals surface area contributed by atoms with E-state index >= 15 is 0 Å². The number of hydrogen-bond acceptors (Lipinski definition) is 6. The zero-order chi connectivity index (χ0) is 21.2. The summed E-state index contributed by atoms with van der Waals surface area (Å²) in [5.74, 6) is -1.88. The van der Waals surface area contributed by atoms with Gasteiger partial charge in [0.25, 0.3) is 10.0 Å². The Morgan fingerprint density at radius 1 is 1.10 bits per heavy atom. The fraction of sp³-hybridized carbons (Fsp3) is 0.0588. The Balaban J connectivity index is 1.88. The van der Waals surface area contributed by atoms with Gasteiger partial charge in [-0.2, -0.15) is 0 Å². The number of hydrogen-bond donors (Lipinski definition) is 2. The van der Waals surface area contributed by atoms with Crippen LogP contribution < -0.4 is 9.46 Å². The molecule has 0 spiro atoms. The van der Waals surface area contributed by atoms with Crippen molar-refractivity contribution in [3.05, 3.63) is 60.3 Å². The van der Waals surface area contributed by atoms with Crippen LogP contribution in [-0.2, 0) is 10.0 Å². The lowest BCUT2D eigenvalue weighted by molar-refractivity contribution is -0.274. The minimum atomic E-state index is -4.90. The average Bonchev–Trinajstić information content (AvgIpc) is 3.11. The minimum absolute atomic E-state index is 0.00891. The van der Waals surface area contributed by atoms with Crippen LogP contribution in [0.25, 0.3) is 11.3 Å². The lowest BCUT2D eigenvalue weighted by Crippen LogP contribution is -2.17. The predicted octanol–water partition coefficient (Wildman–Crippen LogP) is 3.74. The Morgan fingerprint density at radius 2 is 1.76 bits per heavy atom. The van der Waals surface area contributed by atoms with Crippen LogP contribution in [0.2, 0.25) is 0 Å². The molecule has 2 N–H and O–H groups in total. The summed E-state index contributed by atoms with van der Waals surface area (Å²) < 4.78 is 72.7. The molecule has 2 aromatic carbocycles. The van der Waals surface area contributed by atoms with Gasteiger partial charge in [-0.25, -0.2) is 13.2 Å². The molecule has 0 atom stereocenters. The molecule has 0 radical (unpaired) electrons. The summed E-state index contributed by atoms with van der Waals surface area (Å²) in [7, 11) is -4.18. The number of anilines is 1. The van der Waals surface area contributed by atoms with Crippen LogP contribution in [0.3, 0.4) is 0 Å². The molecule has 29 heavy (non-hydrogen) atoms. The number of aromatic nitrogens is 1. The van der Waals surface area contributed by atoms with E-state index in [1.54, 1.807) is 6.07 Å². The number of nitrogens with one attached hydrogen (secondary N) is 1. The molecule has 3 rings (SSSR count). The molecule has 0 aliphatic rings. The Kier molecular flexibility index (Phi) is 5.20. The topological polar surface area (TPSA) is 119 Å². The van der Waals surface area contributed by atoms with Crippen LogP contribution in [0.15, 0.2) is 64.0 Å². The van der Waals surface area contributed by atoms with Crippen LogP contribution in [0.1, 0.15) is 10.5 Å². The van der Waals surface area contributed by atoms with Crippen molar-refractivity contribution in [2.75, 3.05) is 4.72 Å². The first-order valence-corrected chi connectivity index (χ1v) is 9.21. The molecule has 3 aromatic rings. The maximum Gasteiger partial charge on any atom is 0.573 e. The number of carbonyl (C=O) groups is 1. The fourth-order valence-corrected chi connectivity index (χ4v) is 3.39. The van der Waals surface area contributed by atoms with E-state index in [4.69, 9.17) is 9.63 Å². The number of ether oxygens (including phenoxy) is 1. The number of aromatic carboxylic acids is 1. The summed E-state index contributed by atoms with van der Waals surface area (Å²) >= 11 is 0. The molecule has 0 saturated carbocycles. The normalized spacial score (nSPS) is 11.8. The van der Waals surface area contributed by atoms with Crippen molar-refractivity contribution < 1.29 is 40.8 Å². The molecule has 0 fully saturated rings. The first-order chi connectivity index (χ1) is 13.5. The van der Waals surface area contributed by atoms with E-state index in [0.717, 1.165) is 30.3 Å². The smallest absolute Gasteiger partial charge is 0.476 e. The number of halogens is 3.